The first-order valence-corrected chi connectivity index (χ1v) is 7.94. The number of amides is 1. The highest BCUT2D eigenvalue weighted by Gasteiger charge is 2.25. The monoisotopic (exact) mass is 307 g/mol. The van der Waals surface area contributed by atoms with Crippen molar-refractivity contribution in [2.75, 3.05) is 36.5 Å². The Balaban J connectivity index is 1.85. The Morgan fingerprint density at radius 2 is 2.32 bits per heavy atom. The number of aliphatic hydroxyl groups is 1. The van der Waals surface area contributed by atoms with Crippen LogP contribution >= 0.6 is 0 Å². The molecule has 122 valence electrons. The largest absolute Gasteiger partial charge is 0.394 e. The summed E-state index contributed by atoms with van der Waals surface area (Å²) in [5.74, 6) is 1.57. The summed E-state index contributed by atoms with van der Waals surface area (Å²) < 4.78 is 0. The zero-order valence-electron chi connectivity index (χ0n) is 13.1. The van der Waals surface area contributed by atoms with Gasteiger partial charge < -0.3 is 20.6 Å². The lowest BCUT2D eigenvalue weighted by molar-refractivity contribution is -0.120. The molecule has 22 heavy (non-hydrogen) atoms. The molecule has 0 aromatic carbocycles. The molecule has 1 aliphatic rings. The van der Waals surface area contributed by atoms with Gasteiger partial charge >= 0.3 is 0 Å². The van der Waals surface area contributed by atoms with Crippen molar-refractivity contribution >= 4 is 17.5 Å². The van der Waals surface area contributed by atoms with Gasteiger partial charge in [-0.05, 0) is 19.3 Å². The van der Waals surface area contributed by atoms with E-state index < -0.39 is 0 Å². The fourth-order valence-corrected chi connectivity index (χ4v) is 2.58. The van der Waals surface area contributed by atoms with Gasteiger partial charge in [-0.1, -0.05) is 6.92 Å². The van der Waals surface area contributed by atoms with Crippen LogP contribution in [0, 0.1) is 0 Å². The number of carbonyl (C=O) groups excluding carboxylic acids is 1. The molecule has 1 amide bonds. The first-order chi connectivity index (χ1) is 10.7. The van der Waals surface area contributed by atoms with Gasteiger partial charge in [0.15, 0.2) is 0 Å². The molecule has 1 aromatic rings. The van der Waals surface area contributed by atoms with E-state index in [9.17, 15) is 9.90 Å². The summed E-state index contributed by atoms with van der Waals surface area (Å²) >= 11 is 0. The van der Waals surface area contributed by atoms with Crippen LogP contribution in [0.25, 0.3) is 0 Å². The third kappa shape index (κ3) is 4.56. The molecule has 7 nitrogen and oxygen atoms in total. The molecule has 0 bridgehead atoms. The van der Waals surface area contributed by atoms with Crippen molar-refractivity contribution in [3.05, 3.63) is 12.4 Å². The number of aliphatic hydroxyl groups excluding tert-OH is 1. The summed E-state index contributed by atoms with van der Waals surface area (Å²) in [5.41, 5.74) is 0. The van der Waals surface area contributed by atoms with E-state index in [-0.39, 0.29) is 18.6 Å². The fourth-order valence-electron chi connectivity index (χ4n) is 2.58. The fraction of sp³-hybridized carbons (Fsp3) is 0.667. The molecule has 1 atom stereocenters. The van der Waals surface area contributed by atoms with Gasteiger partial charge in [-0.3, -0.25) is 4.79 Å². The van der Waals surface area contributed by atoms with Crippen LogP contribution < -0.4 is 15.5 Å². The Bertz CT molecular complexity index is 483. The number of rotatable bonds is 8. The topological polar surface area (TPSA) is 90.4 Å². The van der Waals surface area contributed by atoms with E-state index in [0.29, 0.717) is 25.3 Å². The minimum Gasteiger partial charge on any atom is -0.394 e. The van der Waals surface area contributed by atoms with Gasteiger partial charge in [0.1, 0.15) is 18.0 Å². The summed E-state index contributed by atoms with van der Waals surface area (Å²) in [4.78, 5) is 22.1. The van der Waals surface area contributed by atoms with E-state index in [1.807, 2.05) is 13.0 Å². The average molecular weight is 307 g/mol. The molecule has 1 saturated heterocycles. The maximum atomic E-state index is 11.5. The Morgan fingerprint density at radius 3 is 3.09 bits per heavy atom. The minimum atomic E-state index is 0.0449. The molecule has 7 heteroatoms. The minimum absolute atomic E-state index is 0.0449. The standard InChI is InChI=1S/C15H25N5O2/c1-2-6-17-15(22)5-7-16-13-9-14(19-11-18-13)20-8-3-4-12(20)10-21/h9,11-12,21H,2-8,10H2,1H3,(H,17,22)(H,16,18,19)/t12-/m0/s1. The molecule has 0 radical (unpaired) electrons. The molecule has 1 aliphatic heterocycles. The van der Waals surface area contributed by atoms with Crippen LogP contribution in [0.2, 0.25) is 0 Å². The molecule has 1 fully saturated rings. The van der Waals surface area contributed by atoms with E-state index >= 15 is 0 Å². The maximum absolute atomic E-state index is 11.5. The van der Waals surface area contributed by atoms with E-state index in [4.69, 9.17) is 0 Å². The smallest absolute Gasteiger partial charge is 0.221 e. The van der Waals surface area contributed by atoms with Gasteiger partial charge in [0.25, 0.3) is 0 Å². The zero-order valence-corrected chi connectivity index (χ0v) is 13.1. The number of hydrogen-bond acceptors (Lipinski definition) is 6. The average Bonchev–Trinajstić information content (AvgIpc) is 3.02. The van der Waals surface area contributed by atoms with Gasteiger partial charge in [-0.15, -0.1) is 0 Å². The first-order valence-electron chi connectivity index (χ1n) is 7.94. The van der Waals surface area contributed by atoms with Crippen molar-refractivity contribution in [1.82, 2.24) is 15.3 Å². The second-order valence-electron chi connectivity index (χ2n) is 5.46. The zero-order chi connectivity index (χ0) is 15.8. The van der Waals surface area contributed by atoms with Gasteiger partial charge in [0, 0.05) is 32.1 Å². The third-order valence-electron chi connectivity index (χ3n) is 3.77. The second-order valence-corrected chi connectivity index (χ2v) is 5.46. The molecule has 0 spiro atoms. The van der Waals surface area contributed by atoms with E-state index in [1.54, 1.807) is 0 Å². The van der Waals surface area contributed by atoms with Gasteiger partial charge in [0.2, 0.25) is 5.91 Å². The number of carbonyl (C=O) groups is 1. The number of hydrogen-bond donors (Lipinski definition) is 3. The van der Waals surface area contributed by atoms with Crippen molar-refractivity contribution in [1.29, 1.82) is 0 Å². The molecule has 1 aromatic heterocycles. The molecule has 3 N–H and O–H groups in total. The molecule has 2 heterocycles. The number of anilines is 2. The van der Waals surface area contributed by atoms with Crippen LogP contribution in [0.4, 0.5) is 11.6 Å². The molecule has 0 unspecified atom stereocenters. The highest BCUT2D eigenvalue weighted by molar-refractivity contribution is 5.76. The number of nitrogens with zero attached hydrogens (tertiary/aromatic N) is 3. The predicted octanol–water partition coefficient (Wildman–Crippen LogP) is 0.766. The molecule has 0 aliphatic carbocycles. The van der Waals surface area contributed by atoms with E-state index in [0.717, 1.165) is 31.6 Å². The van der Waals surface area contributed by atoms with Gasteiger partial charge in [0.05, 0.1) is 12.6 Å². The van der Waals surface area contributed by atoms with Crippen LogP contribution in [-0.2, 0) is 4.79 Å². The Kier molecular flexibility index (Phi) is 6.39. The Morgan fingerprint density at radius 1 is 1.45 bits per heavy atom. The molecular weight excluding hydrogens is 282 g/mol. The van der Waals surface area contributed by atoms with Crippen molar-refractivity contribution in [3.8, 4) is 0 Å². The quantitative estimate of drug-likeness (QED) is 0.657. The Labute approximate surface area is 131 Å². The van der Waals surface area contributed by atoms with Crippen molar-refractivity contribution in [3.63, 3.8) is 0 Å². The predicted molar refractivity (Wildman–Crippen MR) is 85.9 cm³/mol. The van der Waals surface area contributed by atoms with Crippen LogP contribution in [0.1, 0.15) is 32.6 Å². The van der Waals surface area contributed by atoms with Crippen molar-refractivity contribution < 1.29 is 9.90 Å². The summed E-state index contributed by atoms with van der Waals surface area (Å²) in [7, 11) is 0. The van der Waals surface area contributed by atoms with Crippen LogP contribution in [-0.4, -0.2) is 53.3 Å². The summed E-state index contributed by atoms with van der Waals surface area (Å²) in [5, 5.41) is 15.4. The lowest BCUT2D eigenvalue weighted by Crippen LogP contribution is -2.32. The highest BCUT2D eigenvalue weighted by Crippen LogP contribution is 2.24. The molecule has 0 saturated carbocycles. The van der Waals surface area contributed by atoms with Crippen molar-refractivity contribution in [2.45, 2.75) is 38.6 Å². The van der Waals surface area contributed by atoms with Gasteiger partial charge in [-0.25, -0.2) is 9.97 Å². The normalized spacial score (nSPS) is 17.5. The summed E-state index contributed by atoms with van der Waals surface area (Å²) in [6.45, 7) is 4.33. The van der Waals surface area contributed by atoms with E-state index in [1.165, 1.54) is 6.33 Å². The molecular formula is C15H25N5O2. The van der Waals surface area contributed by atoms with Crippen LogP contribution in [0.3, 0.4) is 0 Å². The lowest BCUT2D eigenvalue weighted by Gasteiger charge is -2.24. The SMILES string of the molecule is CCCNC(=O)CCNc1cc(N2CCC[C@H]2CO)ncn1. The summed E-state index contributed by atoms with van der Waals surface area (Å²) in [6, 6.07) is 2.01. The maximum Gasteiger partial charge on any atom is 0.221 e. The number of aromatic nitrogens is 2. The Hall–Kier alpha value is -1.89. The van der Waals surface area contributed by atoms with Crippen LogP contribution in [0.15, 0.2) is 12.4 Å². The lowest BCUT2D eigenvalue weighted by atomic mass is 10.2. The van der Waals surface area contributed by atoms with Crippen molar-refractivity contribution in [2.24, 2.45) is 0 Å². The summed E-state index contributed by atoms with van der Waals surface area (Å²) in [6.07, 6.45) is 4.93. The van der Waals surface area contributed by atoms with E-state index in [2.05, 4.69) is 25.5 Å². The van der Waals surface area contributed by atoms with Crippen LogP contribution in [0.5, 0.6) is 0 Å². The molecule has 2 rings (SSSR count). The van der Waals surface area contributed by atoms with Gasteiger partial charge in [-0.2, -0.15) is 0 Å². The third-order valence-corrected chi connectivity index (χ3v) is 3.77. The first kappa shape index (κ1) is 16.5. The second kappa shape index (κ2) is 8.53. The highest BCUT2D eigenvalue weighted by atomic mass is 16.3. The number of nitrogens with one attached hydrogen (secondary N) is 2.